The molecule has 1 rings (SSSR count). The van der Waals surface area contributed by atoms with E-state index in [1.807, 2.05) is 0 Å². The van der Waals surface area contributed by atoms with E-state index in [4.69, 9.17) is 0 Å². The van der Waals surface area contributed by atoms with E-state index >= 15 is 0 Å². The Bertz CT molecular complexity index is 366. The number of hydrogen-bond acceptors (Lipinski definition) is 4. The Labute approximate surface area is 84.3 Å². The fraction of sp³-hybridized carbons (Fsp3) is 0.889. The number of hydrogen-bond donors (Lipinski definition) is 0. The summed E-state index contributed by atoms with van der Waals surface area (Å²) in [7, 11) is -3.03. The van der Waals surface area contributed by atoms with Gasteiger partial charge >= 0.3 is 0 Å². The summed E-state index contributed by atoms with van der Waals surface area (Å²) in [5, 5.41) is 0. The van der Waals surface area contributed by atoms with Crippen molar-refractivity contribution in [3.63, 3.8) is 0 Å². The predicted octanol–water partition coefficient (Wildman–Crippen LogP) is 0.924. The van der Waals surface area contributed by atoms with Crippen LogP contribution in [0.15, 0.2) is 4.99 Å². The maximum atomic E-state index is 11.7. The molecule has 0 aromatic rings. The maximum absolute atomic E-state index is 11.7. The third kappa shape index (κ3) is 1.62. The molecule has 1 heterocycles. The first-order valence-electron chi connectivity index (χ1n) is 4.62. The molecule has 0 aromatic carbocycles. The highest BCUT2D eigenvalue weighted by Crippen LogP contribution is 2.39. The van der Waals surface area contributed by atoms with Crippen LogP contribution < -0.4 is 0 Å². The summed E-state index contributed by atoms with van der Waals surface area (Å²) in [5.41, 5.74) is 0. The zero-order chi connectivity index (χ0) is 11.0. The lowest BCUT2D eigenvalue weighted by molar-refractivity contribution is 0.365. The van der Waals surface area contributed by atoms with Gasteiger partial charge in [0.05, 0.1) is 16.5 Å². The quantitative estimate of drug-likeness (QED) is 0.510. The molecule has 0 aromatic heterocycles. The third-order valence-corrected chi connectivity index (χ3v) is 5.91. The van der Waals surface area contributed by atoms with Gasteiger partial charge in [0.25, 0.3) is 0 Å². The largest absolute Gasteiger partial charge is 0.235 e. The molecule has 0 amide bonds. The first-order valence-corrected chi connectivity index (χ1v) is 6.27. The standard InChI is InChI=1S/C9H15NO3S/c1-7(10-6-11)8-4-5-14(12,13)9(8,2)3/h7-8H,4-5H2,1-3H3. The van der Waals surface area contributed by atoms with Crippen LogP contribution in [0.4, 0.5) is 0 Å². The van der Waals surface area contributed by atoms with Crippen molar-refractivity contribution in [3.8, 4) is 0 Å². The molecular weight excluding hydrogens is 202 g/mol. The smallest absolute Gasteiger partial charge is 0.228 e. The van der Waals surface area contributed by atoms with Crippen LogP contribution in [-0.4, -0.2) is 31.0 Å². The number of aliphatic imine (C=N–C) groups is 1. The molecule has 14 heavy (non-hydrogen) atoms. The second kappa shape index (κ2) is 3.48. The summed E-state index contributed by atoms with van der Waals surface area (Å²) >= 11 is 0. The zero-order valence-electron chi connectivity index (χ0n) is 8.65. The van der Waals surface area contributed by atoms with E-state index < -0.39 is 14.6 Å². The monoisotopic (exact) mass is 217 g/mol. The van der Waals surface area contributed by atoms with Gasteiger partial charge in [-0.3, -0.25) is 0 Å². The first-order chi connectivity index (χ1) is 6.33. The summed E-state index contributed by atoms with van der Waals surface area (Å²) in [6.45, 7) is 5.17. The van der Waals surface area contributed by atoms with Gasteiger partial charge in [-0.25, -0.2) is 18.2 Å². The van der Waals surface area contributed by atoms with E-state index in [9.17, 15) is 13.2 Å². The summed E-state index contributed by atoms with van der Waals surface area (Å²) in [5.74, 6) is 0.123. The molecule has 0 bridgehead atoms. The Morgan fingerprint density at radius 3 is 2.43 bits per heavy atom. The van der Waals surface area contributed by atoms with Gasteiger partial charge in [0.1, 0.15) is 0 Å². The third-order valence-electron chi connectivity index (χ3n) is 3.23. The zero-order valence-corrected chi connectivity index (χ0v) is 9.47. The van der Waals surface area contributed by atoms with Crippen LogP contribution in [0.5, 0.6) is 0 Å². The molecule has 5 heteroatoms. The fourth-order valence-corrected chi connectivity index (χ4v) is 3.98. The lowest BCUT2D eigenvalue weighted by Crippen LogP contribution is -2.38. The molecule has 0 aliphatic carbocycles. The lowest BCUT2D eigenvalue weighted by atomic mass is 9.87. The Morgan fingerprint density at radius 1 is 1.50 bits per heavy atom. The van der Waals surface area contributed by atoms with Crippen molar-refractivity contribution in [2.75, 3.05) is 5.75 Å². The van der Waals surface area contributed by atoms with Crippen LogP contribution >= 0.6 is 0 Å². The number of sulfone groups is 1. The van der Waals surface area contributed by atoms with Crippen LogP contribution in [0.1, 0.15) is 27.2 Å². The maximum Gasteiger partial charge on any atom is 0.235 e. The summed E-state index contributed by atoms with van der Waals surface area (Å²) in [6.07, 6.45) is 2.07. The van der Waals surface area contributed by atoms with E-state index in [1.165, 1.54) is 6.08 Å². The molecule has 1 saturated heterocycles. The van der Waals surface area contributed by atoms with E-state index in [-0.39, 0.29) is 17.7 Å². The molecule has 4 nitrogen and oxygen atoms in total. The van der Waals surface area contributed by atoms with Gasteiger partial charge in [0.2, 0.25) is 6.08 Å². The van der Waals surface area contributed by atoms with Gasteiger partial charge in [0.15, 0.2) is 9.84 Å². The Kier molecular flexibility index (Phi) is 2.83. The molecule has 1 aliphatic heterocycles. The average Bonchev–Trinajstić information content (AvgIpc) is 2.23. The molecule has 0 spiro atoms. The number of isocyanates is 1. The molecule has 2 atom stereocenters. The minimum absolute atomic E-state index is 0.0750. The minimum Gasteiger partial charge on any atom is -0.228 e. The van der Waals surface area contributed by atoms with Gasteiger partial charge < -0.3 is 0 Å². The van der Waals surface area contributed by atoms with Crippen molar-refractivity contribution in [1.29, 1.82) is 0 Å². The number of nitrogens with zero attached hydrogens (tertiary/aromatic N) is 1. The molecule has 0 saturated carbocycles. The van der Waals surface area contributed by atoms with Gasteiger partial charge in [-0.15, -0.1) is 0 Å². The van der Waals surface area contributed by atoms with Crippen LogP contribution in [0.3, 0.4) is 0 Å². The molecule has 1 fully saturated rings. The highest BCUT2D eigenvalue weighted by molar-refractivity contribution is 7.93. The fourth-order valence-electron chi connectivity index (χ4n) is 2.12. The van der Waals surface area contributed by atoms with Gasteiger partial charge in [0, 0.05) is 5.92 Å². The van der Waals surface area contributed by atoms with Gasteiger partial charge in [-0.1, -0.05) is 0 Å². The molecular formula is C9H15NO3S. The van der Waals surface area contributed by atoms with E-state index in [0.717, 1.165) is 0 Å². The van der Waals surface area contributed by atoms with Crippen molar-refractivity contribution >= 4 is 15.9 Å². The van der Waals surface area contributed by atoms with E-state index in [1.54, 1.807) is 20.8 Å². The van der Waals surface area contributed by atoms with Gasteiger partial charge in [-0.05, 0) is 27.2 Å². The Balaban J connectivity index is 3.01. The number of rotatable bonds is 2. The van der Waals surface area contributed by atoms with E-state index in [2.05, 4.69) is 4.99 Å². The summed E-state index contributed by atoms with van der Waals surface area (Å²) < 4.78 is 22.6. The molecule has 0 radical (unpaired) electrons. The Hall–Kier alpha value is -0.670. The van der Waals surface area contributed by atoms with Gasteiger partial charge in [-0.2, -0.15) is 0 Å². The second-order valence-electron chi connectivity index (χ2n) is 4.28. The van der Waals surface area contributed by atoms with Crippen LogP contribution in [0, 0.1) is 5.92 Å². The van der Waals surface area contributed by atoms with Crippen molar-refractivity contribution in [2.45, 2.75) is 38.0 Å². The lowest BCUT2D eigenvalue weighted by Gasteiger charge is -2.27. The predicted molar refractivity (Wildman–Crippen MR) is 53.6 cm³/mol. The van der Waals surface area contributed by atoms with Crippen LogP contribution in [0.25, 0.3) is 0 Å². The summed E-state index contributed by atoms with van der Waals surface area (Å²) in [6, 6.07) is -0.264. The normalized spacial score (nSPS) is 30.6. The van der Waals surface area contributed by atoms with Crippen molar-refractivity contribution < 1.29 is 13.2 Å². The highest BCUT2D eigenvalue weighted by atomic mass is 32.2. The molecule has 80 valence electrons. The number of carbonyl (C=O) groups excluding carboxylic acids is 1. The van der Waals surface area contributed by atoms with E-state index in [0.29, 0.717) is 6.42 Å². The highest BCUT2D eigenvalue weighted by Gasteiger charge is 2.49. The van der Waals surface area contributed by atoms with Crippen LogP contribution in [-0.2, 0) is 14.6 Å². The summed E-state index contributed by atoms with van der Waals surface area (Å²) in [4.78, 5) is 13.7. The van der Waals surface area contributed by atoms with Crippen LogP contribution in [0.2, 0.25) is 0 Å². The minimum atomic E-state index is -3.03. The second-order valence-corrected chi connectivity index (χ2v) is 6.97. The van der Waals surface area contributed by atoms with Crippen molar-refractivity contribution in [3.05, 3.63) is 0 Å². The molecule has 2 unspecified atom stereocenters. The first kappa shape index (κ1) is 11.4. The average molecular weight is 217 g/mol. The SMILES string of the molecule is CC(N=C=O)C1CCS(=O)(=O)C1(C)C. The van der Waals surface area contributed by atoms with Crippen molar-refractivity contribution in [2.24, 2.45) is 10.9 Å². The van der Waals surface area contributed by atoms with Crippen molar-refractivity contribution in [1.82, 2.24) is 0 Å². The molecule has 1 aliphatic rings. The Morgan fingerprint density at radius 2 is 2.07 bits per heavy atom. The molecule has 0 N–H and O–H groups in total. The topological polar surface area (TPSA) is 63.6 Å².